The third kappa shape index (κ3) is 6.33. The highest BCUT2D eigenvalue weighted by Crippen LogP contribution is 2.30. The minimum Gasteiger partial charge on any atom is -0.493 e. The van der Waals surface area contributed by atoms with Crippen LogP contribution in [0.15, 0.2) is 42.0 Å². The summed E-state index contributed by atoms with van der Waals surface area (Å²) in [6.45, 7) is 2.23. The molecule has 1 aliphatic rings. The van der Waals surface area contributed by atoms with Crippen LogP contribution in [0.4, 0.5) is 17.3 Å². The molecule has 31 heavy (non-hydrogen) atoms. The third-order valence-electron chi connectivity index (χ3n) is 5.05. The van der Waals surface area contributed by atoms with Gasteiger partial charge in [0.05, 0.1) is 19.0 Å². The van der Waals surface area contributed by atoms with Gasteiger partial charge in [0.1, 0.15) is 16.5 Å². The maximum absolute atomic E-state index is 5.45. The Kier molecular flexibility index (Phi) is 10.8. The van der Waals surface area contributed by atoms with Crippen LogP contribution < -0.4 is 15.0 Å². The molecule has 1 unspecified atom stereocenters. The summed E-state index contributed by atoms with van der Waals surface area (Å²) in [6.07, 6.45) is 4.85. The molecule has 7 nitrogen and oxygen atoms in total. The number of methoxy groups -OCH3 is 1. The molecule has 1 atom stereocenters. The summed E-state index contributed by atoms with van der Waals surface area (Å²) in [4.78, 5) is 18.2. The number of nitrogens with zero attached hydrogens (tertiary/aromatic N) is 5. The Labute approximate surface area is 205 Å². The van der Waals surface area contributed by atoms with E-state index in [9.17, 15) is 0 Å². The number of hydrogen-bond acceptors (Lipinski definition) is 8. The first-order valence-electron chi connectivity index (χ1n) is 9.23. The molecule has 3 aromatic heterocycles. The lowest BCUT2D eigenvalue weighted by molar-refractivity contribution is 0.409. The summed E-state index contributed by atoms with van der Waals surface area (Å²) in [7, 11) is 5.94. The molecule has 1 saturated heterocycles. The predicted octanol–water partition coefficient (Wildman–Crippen LogP) is 4.76. The van der Waals surface area contributed by atoms with Crippen molar-refractivity contribution in [3.8, 4) is 16.5 Å². The molecule has 3 aromatic rings. The predicted molar refractivity (Wildman–Crippen MR) is 135 cm³/mol. The highest BCUT2D eigenvalue weighted by atomic mass is 35.5. The lowest BCUT2D eigenvalue weighted by Gasteiger charge is -2.26. The molecule has 11 heteroatoms. The largest absolute Gasteiger partial charge is 0.493 e. The van der Waals surface area contributed by atoms with E-state index in [-0.39, 0.29) is 37.2 Å². The Morgan fingerprint density at radius 1 is 1.16 bits per heavy atom. The number of rotatable bonds is 6. The monoisotopic (exact) mass is 504 g/mol. The van der Waals surface area contributed by atoms with E-state index in [1.54, 1.807) is 24.6 Å². The fourth-order valence-electron chi connectivity index (χ4n) is 3.40. The van der Waals surface area contributed by atoms with Gasteiger partial charge in [0.2, 0.25) is 0 Å². The number of thiazole rings is 1. The average Bonchev–Trinajstić information content (AvgIpc) is 3.40. The van der Waals surface area contributed by atoms with E-state index in [0.717, 1.165) is 35.3 Å². The van der Waals surface area contributed by atoms with Gasteiger partial charge in [-0.3, -0.25) is 0 Å². The van der Waals surface area contributed by atoms with Gasteiger partial charge in [-0.25, -0.2) is 15.0 Å². The Hall–Kier alpha value is -1.84. The van der Waals surface area contributed by atoms with Gasteiger partial charge in [-0.1, -0.05) is 0 Å². The van der Waals surface area contributed by atoms with Gasteiger partial charge in [-0.05, 0) is 44.3 Å². The van der Waals surface area contributed by atoms with Crippen LogP contribution in [0.5, 0.6) is 5.75 Å². The van der Waals surface area contributed by atoms with Crippen molar-refractivity contribution >= 4 is 65.9 Å². The molecule has 4 heterocycles. The summed E-state index contributed by atoms with van der Waals surface area (Å²) in [5.41, 5.74) is 1.92. The van der Waals surface area contributed by atoms with Gasteiger partial charge in [0.15, 0.2) is 11.6 Å². The number of aromatic nitrogens is 3. The number of likely N-dealkylation sites (tertiary alicyclic amines) is 1. The molecule has 1 fully saturated rings. The van der Waals surface area contributed by atoms with E-state index in [2.05, 4.69) is 50.2 Å². The van der Waals surface area contributed by atoms with Crippen molar-refractivity contribution in [3.63, 3.8) is 0 Å². The summed E-state index contributed by atoms with van der Waals surface area (Å²) < 4.78 is 5.45. The van der Waals surface area contributed by atoms with Crippen molar-refractivity contribution in [2.45, 2.75) is 12.5 Å². The van der Waals surface area contributed by atoms with Crippen molar-refractivity contribution in [3.05, 3.63) is 42.0 Å². The molecule has 170 valence electrons. The number of likely N-dealkylation sites (N-methyl/N-ethyl adjacent to an activating group) is 2. The van der Waals surface area contributed by atoms with Crippen molar-refractivity contribution in [1.29, 1.82) is 0 Å². The summed E-state index contributed by atoms with van der Waals surface area (Å²) in [5, 5.41) is 6.08. The van der Waals surface area contributed by atoms with Gasteiger partial charge >= 0.3 is 0 Å². The standard InChI is InChI=1S/C20H24N6OS.3ClH/c1-25-10-8-15(13-25)26(2)14-4-7-18(22-12-14)24-19-17(27-3)6-5-16(23-19)20-21-9-11-28-20;;;/h4-7,9,11-12,15H,8,10,13H2,1-3H3,(H,22,23,24);3*1H. The number of anilines is 3. The molecule has 0 aromatic carbocycles. The highest BCUT2D eigenvalue weighted by molar-refractivity contribution is 7.13. The van der Waals surface area contributed by atoms with E-state index in [1.807, 2.05) is 29.8 Å². The molecule has 4 rings (SSSR count). The fourth-order valence-corrected chi connectivity index (χ4v) is 4.01. The Bertz CT molecular complexity index is 929. The summed E-state index contributed by atoms with van der Waals surface area (Å²) in [5.74, 6) is 2.02. The number of nitrogens with one attached hydrogen (secondary N) is 1. The van der Waals surface area contributed by atoms with E-state index in [1.165, 1.54) is 6.42 Å². The van der Waals surface area contributed by atoms with Crippen LogP contribution in [0.2, 0.25) is 0 Å². The second-order valence-corrected chi connectivity index (χ2v) is 7.82. The number of hydrogen-bond donors (Lipinski definition) is 1. The van der Waals surface area contributed by atoms with Crippen LogP contribution >= 0.6 is 48.6 Å². The van der Waals surface area contributed by atoms with Gasteiger partial charge < -0.3 is 19.9 Å². The van der Waals surface area contributed by atoms with E-state index in [4.69, 9.17) is 4.74 Å². The normalized spacial score (nSPS) is 15.3. The molecule has 0 saturated carbocycles. The lowest BCUT2D eigenvalue weighted by atomic mass is 10.2. The van der Waals surface area contributed by atoms with Gasteiger partial charge in [0.25, 0.3) is 0 Å². The van der Waals surface area contributed by atoms with Gasteiger partial charge in [-0.15, -0.1) is 48.6 Å². The zero-order chi connectivity index (χ0) is 19.5. The first-order chi connectivity index (χ1) is 13.6. The molecular formula is C20H27Cl3N6OS. The first kappa shape index (κ1) is 27.2. The van der Waals surface area contributed by atoms with E-state index in [0.29, 0.717) is 17.6 Å². The molecule has 0 spiro atoms. The molecule has 1 aliphatic heterocycles. The van der Waals surface area contributed by atoms with Crippen LogP contribution in [0, 0.1) is 0 Å². The molecule has 0 amide bonds. The lowest BCUT2D eigenvalue weighted by Crippen LogP contribution is -2.33. The van der Waals surface area contributed by atoms with Crippen LogP contribution in [0.25, 0.3) is 10.7 Å². The van der Waals surface area contributed by atoms with Crippen LogP contribution in [-0.4, -0.2) is 60.2 Å². The Balaban J connectivity index is 0.00000160. The summed E-state index contributed by atoms with van der Waals surface area (Å²) >= 11 is 1.55. The number of halogens is 3. The van der Waals surface area contributed by atoms with Crippen molar-refractivity contribution < 1.29 is 4.74 Å². The maximum atomic E-state index is 5.45. The number of pyridine rings is 2. The van der Waals surface area contributed by atoms with E-state index >= 15 is 0 Å². The minimum absolute atomic E-state index is 0. The zero-order valence-electron chi connectivity index (χ0n) is 17.5. The second-order valence-electron chi connectivity index (χ2n) is 6.93. The second kappa shape index (κ2) is 12.3. The van der Waals surface area contributed by atoms with Crippen LogP contribution in [-0.2, 0) is 0 Å². The fraction of sp³-hybridized carbons (Fsp3) is 0.350. The molecule has 0 radical (unpaired) electrons. The van der Waals surface area contributed by atoms with Crippen molar-refractivity contribution in [2.75, 3.05) is 44.5 Å². The molecular weight excluding hydrogens is 479 g/mol. The Morgan fingerprint density at radius 2 is 1.97 bits per heavy atom. The quantitative estimate of drug-likeness (QED) is 0.518. The number of ether oxygens (including phenoxy) is 1. The van der Waals surface area contributed by atoms with Crippen molar-refractivity contribution in [2.24, 2.45) is 0 Å². The van der Waals surface area contributed by atoms with Crippen molar-refractivity contribution in [1.82, 2.24) is 19.9 Å². The zero-order valence-corrected chi connectivity index (χ0v) is 20.8. The summed E-state index contributed by atoms with van der Waals surface area (Å²) in [6, 6.07) is 8.40. The Morgan fingerprint density at radius 3 is 2.55 bits per heavy atom. The van der Waals surface area contributed by atoms with Gasteiger partial charge in [-0.2, -0.15) is 0 Å². The van der Waals surface area contributed by atoms with Crippen LogP contribution in [0.1, 0.15) is 6.42 Å². The topological polar surface area (TPSA) is 66.4 Å². The minimum atomic E-state index is 0. The smallest absolute Gasteiger partial charge is 0.175 e. The maximum Gasteiger partial charge on any atom is 0.175 e. The first-order valence-corrected chi connectivity index (χ1v) is 10.1. The highest BCUT2D eigenvalue weighted by Gasteiger charge is 2.23. The molecule has 0 bridgehead atoms. The molecule has 1 N–H and O–H groups in total. The van der Waals surface area contributed by atoms with Crippen LogP contribution in [0.3, 0.4) is 0 Å². The molecule has 0 aliphatic carbocycles. The van der Waals surface area contributed by atoms with Gasteiger partial charge in [0, 0.05) is 31.2 Å². The third-order valence-corrected chi connectivity index (χ3v) is 5.84. The SMILES string of the molecule is COc1ccc(-c2nccs2)nc1Nc1ccc(N(C)C2CCN(C)C2)cn1.Cl.Cl.Cl. The van der Waals surface area contributed by atoms with E-state index < -0.39 is 0 Å². The average molecular weight is 506 g/mol.